The number of sulfonamides is 1. The molecule has 9 heteroatoms. The number of aryl methyl sites for hydroxylation is 1. The first-order valence-electron chi connectivity index (χ1n) is 11.3. The Morgan fingerprint density at radius 1 is 1.12 bits per heavy atom. The highest BCUT2D eigenvalue weighted by atomic mass is 32.2. The van der Waals surface area contributed by atoms with E-state index in [2.05, 4.69) is 13.0 Å². The fraction of sp³-hybridized carbons (Fsp3) is 0.280. The van der Waals surface area contributed by atoms with Crippen molar-refractivity contribution in [1.29, 1.82) is 0 Å². The molecule has 0 spiro atoms. The van der Waals surface area contributed by atoms with E-state index in [0.717, 1.165) is 27.8 Å². The molecule has 1 fully saturated rings. The number of amides is 1. The smallest absolute Gasteiger partial charge is 0.253 e. The van der Waals surface area contributed by atoms with Gasteiger partial charge in [-0.2, -0.15) is 4.31 Å². The molecule has 1 amide bonds. The summed E-state index contributed by atoms with van der Waals surface area (Å²) in [4.78, 5) is 20.5. The maximum absolute atomic E-state index is 14.0. The van der Waals surface area contributed by atoms with E-state index >= 15 is 0 Å². The first-order valence-corrected chi connectivity index (χ1v) is 14.4. The van der Waals surface area contributed by atoms with Crippen LogP contribution < -0.4 is 4.90 Å². The minimum absolute atomic E-state index is 0.224. The number of para-hydroxylation sites is 1. The maximum atomic E-state index is 14.0. The SMILES string of the molecule is CCc1cccc2sc(N(Cc3ccccc3)C(=O)C3CCCN3S(=O)(=O)c3cccs3)nc12. The molecule has 3 heterocycles. The zero-order chi connectivity index (χ0) is 23.7. The molecule has 1 aliphatic rings. The van der Waals surface area contributed by atoms with Crippen molar-refractivity contribution in [3.63, 3.8) is 0 Å². The molecule has 176 valence electrons. The van der Waals surface area contributed by atoms with E-state index in [4.69, 9.17) is 4.98 Å². The van der Waals surface area contributed by atoms with E-state index in [1.165, 1.54) is 27.0 Å². The normalized spacial score (nSPS) is 16.8. The van der Waals surface area contributed by atoms with Crippen LogP contribution in [-0.2, 0) is 27.8 Å². The summed E-state index contributed by atoms with van der Waals surface area (Å²) in [7, 11) is -3.73. The van der Waals surface area contributed by atoms with Crippen LogP contribution >= 0.6 is 22.7 Å². The van der Waals surface area contributed by atoms with Gasteiger partial charge in [0.25, 0.3) is 10.0 Å². The van der Waals surface area contributed by atoms with Gasteiger partial charge in [-0.15, -0.1) is 11.3 Å². The van der Waals surface area contributed by atoms with Gasteiger partial charge in [0.15, 0.2) is 5.13 Å². The predicted octanol–water partition coefficient (Wildman–Crippen LogP) is 5.31. The number of anilines is 1. The van der Waals surface area contributed by atoms with Crippen molar-refractivity contribution in [2.45, 2.75) is 43.0 Å². The molecule has 5 rings (SSSR count). The van der Waals surface area contributed by atoms with Crippen LogP contribution in [0.2, 0.25) is 0 Å². The Hall–Kier alpha value is -2.59. The summed E-state index contributed by atoms with van der Waals surface area (Å²) in [5.74, 6) is -0.224. The van der Waals surface area contributed by atoms with Gasteiger partial charge >= 0.3 is 0 Å². The topological polar surface area (TPSA) is 70.6 Å². The van der Waals surface area contributed by atoms with Crippen molar-refractivity contribution >= 4 is 54.0 Å². The number of fused-ring (bicyclic) bond motifs is 1. The highest BCUT2D eigenvalue weighted by Crippen LogP contribution is 2.35. The van der Waals surface area contributed by atoms with Gasteiger partial charge in [-0.3, -0.25) is 9.69 Å². The van der Waals surface area contributed by atoms with Crippen molar-refractivity contribution in [3.05, 3.63) is 77.2 Å². The molecular weight excluding hydrogens is 486 g/mol. The zero-order valence-corrected chi connectivity index (χ0v) is 21.2. The molecule has 0 saturated carbocycles. The average molecular weight is 512 g/mol. The molecule has 1 atom stereocenters. The summed E-state index contributed by atoms with van der Waals surface area (Å²) in [6.07, 6.45) is 2.00. The predicted molar refractivity (Wildman–Crippen MR) is 138 cm³/mol. The van der Waals surface area contributed by atoms with Crippen LogP contribution in [-0.4, -0.2) is 36.2 Å². The third kappa shape index (κ3) is 4.29. The average Bonchev–Trinajstić information content (AvgIpc) is 3.62. The zero-order valence-electron chi connectivity index (χ0n) is 18.8. The minimum atomic E-state index is -3.73. The van der Waals surface area contributed by atoms with E-state index in [1.54, 1.807) is 22.4 Å². The monoisotopic (exact) mass is 511 g/mol. The molecule has 1 unspecified atom stereocenters. The molecule has 0 bridgehead atoms. The summed E-state index contributed by atoms with van der Waals surface area (Å²) in [5, 5.41) is 2.35. The van der Waals surface area contributed by atoms with Gasteiger partial charge in [0.05, 0.1) is 16.8 Å². The Morgan fingerprint density at radius 3 is 2.68 bits per heavy atom. The number of thiazole rings is 1. The Kier molecular flexibility index (Phi) is 6.52. The van der Waals surface area contributed by atoms with E-state index < -0.39 is 16.1 Å². The summed E-state index contributed by atoms with van der Waals surface area (Å²) < 4.78 is 29.3. The third-order valence-corrected chi connectivity index (χ3v) is 10.4. The number of benzene rings is 2. The van der Waals surface area contributed by atoms with Crippen molar-refractivity contribution in [2.24, 2.45) is 0 Å². The van der Waals surface area contributed by atoms with E-state index in [-0.39, 0.29) is 10.1 Å². The number of carbonyl (C=O) groups excluding carboxylic acids is 1. The van der Waals surface area contributed by atoms with E-state index in [0.29, 0.717) is 31.1 Å². The first kappa shape index (κ1) is 23.2. The molecule has 1 saturated heterocycles. The maximum Gasteiger partial charge on any atom is 0.253 e. The molecule has 0 N–H and O–H groups in total. The number of rotatable bonds is 7. The Morgan fingerprint density at radius 2 is 1.94 bits per heavy atom. The molecule has 4 aromatic rings. The van der Waals surface area contributed by atoms with Crippen molar-refractivity contribution in [2.75, 3.05) is 11.4 Å². The number of aromatic nitrogens is 1. The summed E-state index contributed by atoms with van der Waals surface area (Å²) >= 11 is 2.66. The van der Waals surface area contributed by atoms with E-state index in [9.17, 15) is 13.2 Å². The van der Waals surface area contributed by atoms with E-state index in [1.807, 2.05) is 42.5 Å². The third-order valence-electron chi connectivity index (χ3n) is 6.10. The van der Waals surface area contributed by atoms with Crippen molar-refractivity contribution in [1.82, 2.24) is 9.29 Å². The van der Waals surface area contributed by atoms with Crippen LogP contribution in [0, 0.1) is 0 Å². The second-order valence-electron chi connectivity index (χ2n) is 8.23. The van der Waals surface area contributed by atoms with Crippen molar-refractivity contribution in [3.8, 4) is 0 Å². The molecule has 0 aliphatic carbocycles. The Labute approximate surface area is 207 Å². The van der Waals surface area contributed by atoms with Crippen LogP contribution in [0.4, 0.5) is 5.13 Å². The molecule has 2 aromatic carbocycles. The summed E-state index contributed by atoms with van der Waals surface area (Å²) in [6.45, 7) is 2.77. The number of carbonyl (C=O) groups is 1. The van der Waals surface area contributed by atoms with Crippen LogP contribution in [0.15, 0.2) is 70.3 Å². The largest absolute Gasteiger partial charge is 0.282 e. The number of nitrogens with zero attached hydrogens (tertiary/aromatic N) is 3. The van der Waals surface area contributed by atoms with Gasteiger partial charge in [0.2, 0.25) is 5.91 Å². The number of hydrogen-bond donors (Lipinski definition) is 0. The second-order valence-corrected chi connectivity index (χ2v) is 12.3. The Balaban J connectivity index is 1.54. The summed E-state index contributed by atoms with van der Waals surface area (Å²) in [5.41, 5.74) is 3.01. The fourth-order valence-electron chi connectivity index (χ4n) is 4.38. The van der Waals surface area contributed by atoms with Crippen LogP contribution in [0.5, 0.6) is 0 Å². The fourth-order valence-corrected chi connectivity index (χ4v) is 8.17. The molecular formula is C25H25N3O3S3. The molecule has 34 heavy (non-hydrogen) atoms. The molecule has 1 aliphatic heterocycles. The first-order chi connectivity index (χ1) is 16.5. The lowest BCUT2D eigenvalue weighted by atomic mass is 10.1. The Bertz CT molecular complexity index is 1400. The lowest BCUT2D eigenvalue weighted by molar-refractivity contribution is -0.121. The van der Waals surface area contributed by atoms with Gasteiger partial charge in [-0.25, -0.2) is 13.4 Å². The van der Waals surface area contributed by atoms with Crippen molar-refractivity contribution < 1.29 is 13.2 Å². The molecule has 0 radical (unpaired) electrons. The van der Waals surface area contributed by atoms with Gasteiger partial charge in [0, 0.05) is 6.54 Å². The standard InChI is InChI=1S/C25H25N3O3S3/c1-2-19-11-6-13-21-23(19)26-25(33-21)27(17-18-9-4-3-5-10-18)24(29)20-12-7-15-28(20)34(30,31)22-14-8-16-32-22/h3-6,8-11,13-14,16,20H,2,7,12,15,17H2,1H3. The highest BCUT2D eigenvalue weighted by molar-refractivity contribution is 7.91. The van der Waals surface area contributed by atoms with Gasteiger partial charge < -0.3 is 0 Å². The van der Waals surface area contributed by atoms with Crippen LogP contribution in [0.25, 0.3) is 10.2 Å². The lowest BCUT2D eigenvalue weighted by Crippen LogP contribution is -2.47. The highest BCUT2D eigenvalue weighted by Gasteiger charge is 2.42. The quantitative estimate of drug-likeness (QED) is 0.337. The number of hydrogen-bond acceptors (Lipinski definition) is 6. The lowest BCUT2D eigenvalue weighted by Gasteiger charge is -2.28. The van der Waals surface area contributed by atoms with Crippen LogP contribution in [0.3, 0.4) is 0 Å². The minimum Gasteiger partial charge on any atom is -0.282 e. The molecule has 6 nitrogen and oxygen atoms in total. The second kappa shape index (κ2) is 9.58. The summed E-state index contributed by atoms with van der Waals surface area (Å²) in [6, 6.07) is 18.4. The molecule has 2 aromatic heterocycles. The van der Waals surface area contributed by atoms with Gasteiger partial charge in [-0.1, -0.05) is 66.8 Å². The number of thiophene rings is 1. The van der Waals surface area contributed by atoms with Gasteiger partial charge in [0.1, 0.15) is 10.3 Å². The van der Waals surface area contributed by atoms with Gasteiger partial charge in [-0.05, 0) is 47.9 Å². The van der Waals surface area contributed by atoms with Crippen LogP contribution in [0.1, 0.15) is 30.9 Å².